The zero-order chi connectivity index (χ0) is 17.4. The van der Waals surface area contributed by atoms with E-state index >= 15 is 0 Å². The minimum atomic E-state index is -0.102. The molecule has 0 saturated carbocycles. The molecule has 4 atom stereocenters. The molecule has 25 heavy (non-hydrogen) atoms. The highest BCUT2D eigenvalue weighted by Crippen LogP contribution is 2.51. The van der Waals surface area contributed by atoms with Crippen LogP contribution in [0.25, 0.3) is 0 Å². The van der Waals surface area contributed by atoms with Crippen molar-refractivity contribution in [1.29, 1.82) is 0 Å². The van der Waals surface area contributed by atoms with E-state index in [9.17, 15) is 10.2 Å². The van der Waals surface area contributed by atoms with Gasteiger partial charge in [0, 0.05) is 22.1 Å². The van der Waals surface area contributed by atoms with Crippen LogP contribution in [0.1, 0.15) is 36.1 Å². The molecule has 0 aromatic heterocycles. The van der Waals surface area contributed by atoms with Gasteiger partial charge in [-0.3, -0.25) is 0 Å². The van der Waals surface area contributed by atoms with Gasteiger partial charge in [-0.25, -0.2) is 0 Å². The van der Waals surface area contributed by atoms with Gasteiger partial charge in [-0.15, -0.1) is 11.8 Å². The maximum Gasteiger partial charge on any atom is 0.115 e. The van der Waals surface area contributed by atoms with Crippen LogP contribution in [-0.4, -0.2) is 29.2 Å². The number of ether oxygens (including phenoxy) is 1. The number of phenolic OH excluding ortho intramolecular Hbond substituents is 1. The number of anilines is 1. The lowest BCUT2D eigenvalue weighted by molar-refractivity contribution is -0.110. The summed E-state index contributed by atoms with van der Waals surface area (Å²) in [6, 6.07) is 14.0. The number of thioether (sulfide) groups is 1. The lowest BCUT2D eigenvalue weighted by Gasteiger charge is -2.45. The molecule has 132 valence electrons. The van der Waals surface area contributed by atoms with Gasteiger partial charge in [0.15, 0.2) is 0 Å². The first-order chi connectivity index (χ1) is 12.2. The normalized spacial score (nSPS) is 27.9. The van der Waals surface area contributed by atoms with E-state index in [0.717, 1.165) is 24.1 Å². The number of aliphatic hydroxyl groups is 1. The third kappa shape index (κ3) is 3.12. The van der Waals surface area contributed by atoms with Gasteiger partial charge in [-0.05, 0) is 55.0 Å². The van der Waals surface area contributed by atoms with Gasteiger partial charge in [0.05, 0.1) is 24.9 Å². The van der Waals surface area contributed by atoms with Crippen LogP contribution in [0.4, 0.5) is 5.69 Å². The minimum absolute atomic E-state index is 0.0402. The number of phenols is 1. The van der Waals surface area contributed by atoms with E-state index in [4.69, 9.17) is 4.74 Å². The Hall–Kier alpha value is -1.69. The highest BCUT2D eigenvalue weighted by molar-refractivity contribution is 7.98. The molecule has 2 aliphatic heterocycles. The predicted octanol–water partition coefficient (Wildman–Crippen LogP) is 4.11. The second-order valence-electron chi connectivity index (χ2n) is 6.77. The molecule has 1 fully saturated rings. The van der Waals surface area contributed by atoms with Gasteiger partial charge >= 0.3 is 0 Å². The molecule has 2 aliphatic rings. The Morgan fingerprint density at radius 2 is 2.08 bits per heavy atom. The molecular weight excluding hydrogens is 334 g/mol. The maximum absolute atomic E-state index is 9.89. The van der Waals surface area contributed by atoms with Crippen LogP contribution < -0.4 is 5.32 Å². The number of aromatic hydroxyl groups is 1. The summed E-state index contributed by atoms with van der Waals surface area (Å²) in [5.41, 5.74) is 3.32. The van der Waals surface area contributed by atoms with Crippen LogP contribution in [0.5, 0.6) is 5.75 Å². The predicted molar refractivity (Wildman–Crippen MR) is 100 cm³/mol. The fourth-order valence-corrected chi connectivity index (χ4v) is 4.49. The average Bonchev–Trinajstić information content (AvgIpc) is 2.66. The van der Waals surface area contributed by atoms with Gasteiger partial charge in [-0.2, -0.15) is 0 Å². The van der Waals surface area contributed by atoms with E-state index in [1.807, 2.05) is 18.2 Å². The zero-order valence-corrected chi connectivity index (χ0v) is 15.0. The highest BCUT2D eigenvalue weighted by Gasteiger charge is 2.42. The second-order valence-corrected chi connectivity index (χ2v) is 7.65. The van der Waals surface area contributed by atoms with E-state index in [0.29, 0.717) is 0 Å². The number of aliphatic hydroxyl groups excluding tert-OH is 1. The third-order valence-electron chi connectivity index (χ3n) is 5.29. The SMILES string of the molecule is CSc1ccc2c(c1)[C@H]1OC(CO)CC[C@H]1[C@H](c1cccc(O)c1)N2. The first kappa shape index (κ1) is 16.8. The van der Waals surface area contributed by atoms with E-state index in [2.05, 4.69) is 29.8 Å². The summed E-state index contributed by atoms with van der Waals surface area (Å²) in [7, 11) is 0. The molecule has 3 N–H and O–H groups in total. The van der Waals surface area contributed by atoms with Gasteiger partial charge in [0.1, 0.15) is 5.75 Å². The summed E-state index contributed by atoms with van der Waals surface area (Å²) in [6.45, 7) is 0.0605. The fourth-order valence-electron chi connectivity index (χ4n) is 4.04. The van der Waals surface area contributed by atoms with Crippen LogP contribution in [0.3, 0.4) is 0 Å². The van der Waals surface area contributed by atoms with Crippen molar-refractivity contribution < 1.29 is 14.9 Å². The van der Waals surface area contributed by atoms with Crippen LogP contribution in [0.15, 0.2) is 47.4 Å². The Labute approximate surface area is 152 Å². The van der Waals surface area contributed by atoms with E-state index in [1.165, 1.54) is 10.5 Å². The molecule has 4 nitrogen and oxygen atoms in total. The minimum Gasteiger partial charge on any atom is -0.508 e. The number of hydrogen-bond acceptors (Lipinski definition) is 5. The Morgan fingerprint density at radius 3 is 2.84 bits per heavy atom. The number of nitrogens with one attached hydrogen (secondary N) is 1. The molecule has 0 spiro atoms. The largest absolute Gasteiger partial charge is 0.508 e. The summed E-state index contributed by atoms with van der Waals surface area (Å²) >= 11 is 1.72. The molecule has 0 radical (unpaired) electrons. The van der Waals surface area contributed by atoms with Crippen molar-refractivity contribution in [1.82, 2.24) is 0 Å². The van der Waals surface area contributed by atoms with Crippen molar-refractivity contribution in [3.63, 3.8) is 0 Å². The summed E-state index contributed by atoms with van der Waals surface area (Å²) in [6.07, 6.45) is 3.76. The topological polar surface area (TPSA) is 61.7 Å². The maximum atomic E-state index is 9.89. The zero-order valence-electron chi connectivity index (χ0n) is 14.2. The van der Waals surface area contributed by atoms with Crippen molar-refractivity contribution in [3.05, 3.63) is 53.6 Å². The van der Waals surface area contributed by atoms with Crippen LogP contribution in [-0.2, 0) is 4.74 Å². The molecule has 5 heteroatoms. The first-order valence-electron chi connectivity index (χ1n) is 8.69. The smallest absolute Gasteiger partial charge is 0.115 e. The Balaban J connectivity index is 1.76. The van der Waals surface area contributed by atoms with Gasteiger partial charge < -0.3 is 20.3 Å². The van der Waals surface area contributed by atoms with E-state index in [1.54, 1.807) is 17.8 Å². The van der Waals surface area contributed by atoms with Gasteiger partial charge in [0.25, 0.3) is 0 Å². The van der Waals surface area contributed by atoms with Gasteiger partial charge in [-0.1, -0.05) is 12.1 Å². The molecule has 2 heterocycles. The van der Waals surface area contributed by atoms with Crippen molar-refractivity contribution in [2.24, 2.45) is 5.92 Å². The van der Waals surface area contributed by atoms with Crippen molar-refractivity contribution in [2.45, 2.75) is 36.0 Å². The molecule has 2 aromatic rings. The van der Waals surface area contributed by atoms with Crippen molar-refractivity contribution >= 4 is 17.4 Å². The first-order valence-corrected chi connectivity index (χ1v) is 9.92. The third-order valence-corrected chi connectivity index (χ3v) is 6.01. The molecule has 0 aliphatic carbocycles. The highest BCUT2D eigenvalue weighted by atomic mass is 32.2. The number of benzene rings is 2. The number of hydrogen-bond donors (Lipinski definition) is 3. The lowest BCUT2D eigenvalue weighted by atomic mass is 9.76. The van der Waals surface area contributed by atoms with Gasteiger partial charge in [0.2, 0.25) is 0 Å². The molecule has 0 bridgehead atoms. The van der Waals surface area contributed by atoms with Crippen LogP contribution in [0.2, 0.25) is 0 Å². The van der Waals surface area contributed by atoms with Crippen LogP contribution >= 0.6 is 11.8 Å². The Bertz CT molecular complexity index is 766. The summed E-state index contributed by atoms with van der Waals surface area (Å²) in [5.74, 6) is 0.554. The molecule has 2 aromatic carbocycles. The standard InChI is InChI=1S/C20H23NO3S/c1-25-15-6-8-18-17(10-15)20-16(7-5-14(11-22)24-20)19(21-18)12-3-2-4-13(23)9-12/h2-4,6,8-10,14,16,19-23H,5,7,11H2,1H3/t14?,16-,19-,20-/m0/s1. The molecule has 1 saturated heterocycles. The monoisotopic (exact) mass is 357 g/mol. The summed E-state index contributed by atoms with van der Waals surface area (Å²) in [5, 5.41) is 23.1. The molecule has 4 rings (SSSR count). The fraction of sp³-hybridized carbons (Fsp3) is 0.400. The van der Waals surface area contributed by atoms with Crippen molar-refractivity contribution in [2.75, 3.05) is 18.2 Å². The van der Waals surface area contributed by atoms with Crippen LogP contribution in [0, 0.1) is 5.92 Å². The summed E-state index contributed by atoms with van der Waals surface area (Å²) < 4.78 is 6.29. The van der Waals surface area contributed by atoms with E-state index in [-0.39, 0.29) is 36.5 Å². The molecular formula is C20H23NO3S. The second kappa shape index (κ2) is 6.90. The Morgan fingerprint density at radius 1 is 1.20 bits per heavy atom. The van der Waals surface area contributed by atoms with E-state index < -0.39 is 0 Å². The number of rotatable bonds is 3. The summed E-state index contributed by atoms with van der Waals surface area (Å²) in [4.78, 5) is 1.21. The average molecular weight is 357 g/mol. The lowest BCUT2D eigenvalue weighted by Crippen LogP contribution is -2.40. The molecule has 1 unspecified atom stereocenters. The van der Waals surface area contributed by atoms with Crippen molar-refractivity contribution in [3.8, 4) is 5.75 Å². The molecule has 0 amide bonds. The Kier molecular flexibility index (Phi) is 4.63. The number of fused-ring (bicyclic) bond motifs is 3. The quantitative estimate of drug-likeness (QED) is 0.722.